The van der Waals surface area contributed by atoms with Gasteiger partial charge in [0.15, 0.2) is 0 Å². The third-order valence-corrected chi connectivity index (χ3v) is 2.97. The van der Waals surface area contributed by atoms with Crippen LogP contribution >= 0.6 is 0 Å². The lowest BCUT2D eigenvalue weighted by atomic mass is 10.2. The first-order valence-corrected chi connectivity index (χ1v) is 7.75. The van der Waals surface area contributed by atoms with Gasteiger partial charge in [0, 0.05) is 31.2 Å². The van der Waals surface area contributed by atoms with Crippen LogP contribution in [0.5, 0.6) is 0 Å². The van der Waals surface area contributed by atoms with Gasteiger partial charge in [0.05, 0.1) is 5.69 Å². The van der Waals surface area contributed by atoms with E-state index in [0.717, 1.165) is 24.3 Å². The summed E-state index contributed by atoms with van der Waals surface area (Å²) in [7, 11) is 0. The highest BCUT2D eigenvalue weighted by Gasteiger charge is 2.15. The maximum atomic E-state index is 11.5. The van der Waals surface area contributed by atoms with E-state index < -0.39 is 5.60 Å². The fraction of sp³-hybridized carbons (Fsp3) is 0.412. The van der Waals surface area contributed by atoms with Crippen molar-refractivity contribution in [1.82, 2.24) is 15.1 Å². The molecule has 0 radical (unpaired) electrons. The highest BCUT2D eigenvalue weighted by Crippen LogP contribution is 2.13. The maximum absolute atomic E-state index is 11.5. The van der Waals surface area contributed by atoms with E-state index in [9.17, 15) is 4.79 Å². The van der Waals surface area contributed by atoms with E-state index in [4.69, 9.17) is 4.74 Å². The van der Waals surface area contributed by atoms with Crippen molar-refractivity contribution in [3.05, 3.63) is 42.7 Å². The quantitative estimate of drug-likeness (QED) is 0.803. The van der Waals surface area contributed by atoms with Crippen molar-refractivity contribution in [3.63, 3.8) is 0 Å². The molecule has 6 nitrogen and oxygen atoms in total. The zero-order valence-electron chi connectivity index (χ0n) is 13.9. The summed E-state index contributed by atoms with van der Waals surface area (Å²) in [4.78, 5) is 11.5. The summed E-state index contributed by atoms with van der Waals surface area (Å²) >= 11 is 0. The van der Waals surface area contributed by atoms with Crippen LogP contribution in [0.3, 0.4) is 0 Å². The number of nitrogens with one attached hydrogen (secondary N) is 2. The first-order chi connectivity index (χ1) is 10.9. The predicted octanol–water partition coefficient (Wildman–Crippen LogP) is 3.20. The Labute approximate surface area is 136 Å². The molecule has 0 unspecified atom stereocenters. The summed E-state index contributed by atoms with van der Waals surface area (Å²) in [6.07, 6.45) is 4.09. The van der Waals surface area contributed by atoms with E-state index in [-0.39, 0.29) is 6.09 Å². The molecule has 1 heterocycles. The standard InChI is InChI=1S/C17H24N4O2/c1-17(2,3)23-16(22)19-10-5-9-18-14-7-4-8-15(13-14)21-12-6-11-20-21/h4,6-8,11-13,18H,5,9-10H2,1-3H3,(H,19,22). The molecule has 1 amide bonds. The lowest BCUT2D eigenvalue weighted by Crippen LogP contribution is -2.33. The van der Waals surface area contributed by atoms with Crippen LogP contribution in [0.4, 0.5) is 10.5 Å². The number of rotatable bonds is 6. The Morgan fingerprint density at radius 3 is 2.78 bits per heavy atom. The van der Waals surface area contributed by atoms with Gasteiger partial charge in [-0.15, -0.1) is 0 Å². The third-order valence-electron chi connectivity index (χ3n) is 2.97. The average molecular weight is 316 g/mol. The second kappa shape index (κ2) is 7.67. The van der Waals surface area contributed by atoms with Crippen molar-refractivity contribution in [2.45, 2.75) is 32.8 Å². The van der Waals surface area contributed by atoms with Crippen LogP contribution in [0.2, 0.25) is 0 Å². The molecule has 0 fully saturated rings. The zero-order chi connectivity index (χ0) is 16.7. The summed E-state index contributed by atoms with van der Waals surface area (Å²) in [5.74, 6) is 0. The number of alkyl carbamates (subject to hydrolysis) is 1. The number of amides is 1. The number of nitrogens with zero attached hydrogens (tertiary/aromatic N) is 2. The van der Waals surface area contributed by atoms with Crippen LogP contribution in [0, 0.1) is 0 Å². The molecule has 0 bridgehead atoms. The Bertz CT molecular complexity index is 618. The fourth-order valence-electron chi connectivity index (χ4n) is 2.01. The monoisotopic (exact) mass is 316 g/mol. The van der Waals surface area contributed by atoms with Crippen LogP contribution in [0.1, 0.15) is 27.2 Å². The normalized spacial score (nSPS) is 11.1. The molecule has 0 aliphatic heterocycles. The first-order valence-electron chi connectivity index (χ1n) is 7.75. The van der Waals surface area contributed by atoms with Crippen LogP contribution in [-0.2, 0) is 4.74 Å². The lowest BCUT2D eigenvalue weighted by molar-refractivity contribution is 0.0528. The molecule has 1 aromatic carbocycles. The Balaban J connectivity index is 1.71. The lowest BCUT2D eigenvalue weighted by Gasteiger charge is -2.19. The number of benzene rings is 1. The van der Waals surface area contributed by atoms with E-state index in [1.807, 2.05) is 62.0 Å². The molecular formula is C17H24N4O2. The molecule has 2 rings (SSSR count). The molecule has 0 saturated carbocycles. The number of carbonyl (C=O) groups is 1. The molecule has 0 aliphatic carbocycles. The van der Waals surface area contributed by atoms with Crippen LogP contribution in [-0.4, -0.2) is 34.6 Å². The minimum Gasteiger partial charge on any atom is -0.444 e. The minimum atomic E-state index is -0.463. The molecule has 2 N–H and O–H groups in total. The molecule has 1 aromatic heterocycles. The summed E-state index contributed by atoms with van der Waals surface area (Å²) < 4.78 is 6.99. The van der Waals surface area contributed by atoms with Gasteiger partial charge in [0.1, 0.15) is 5.60 Å². The maximum Gasteiger partial charge on any atom is 0.407 e. The number of carbonyl (C=O) groups excluding carboxylic acids is 1. The summed E-state index contributed by atoms with van der Waals surface area (Å²) in [5, 5.41) is 10.3. The summed E-state index contributed by atoms with van der Waals surface area (Å²) in [6.45, 7) is 6.88. The van der Waals surface area contributed by atoms with Crippen molar-refractivity contribution in [3.8, 4) is 5.69 Å². The molecule has 0 aliphatic rings. The van der Waals surface area contributed by atoms with E-state index >= 15 is 0 Å². The largest absolute Gasteiger partial charge is 0.444 e. The number of aromatic nitrogens is 2. The van der Waals surface area contributed by atoms with E-state index in [2.05, 4.69) is 15.7 Å². The van der Waals surface area contributed by atoms with Crippen molar-refractivity contribution in [2.24, 2.45) is 0 Å². The number of hydrogen-bond acceptors (Lipinski definition) is 4. The van der Waals surface area contributed by atoms with Crippen molar-refractivity contribution in [1.29, 1.82) is 0 Å². The van der Waals surface area contributed by atoms with E-state index in [1.165, 1.54) is 0 Å². The Hall–Kier alpha value is -2.50. The van der Waals surface area contributed by atoms with Gasteiger partial charge in [0.25, 0.3) is 0 Å². The number of hydrogen-bond donors (Lipinski definition) is 2. The summed E-state index contributed by atoms with van der Waals surface area (Å²) in [5.41, 5.74) is 1.57. The topological polar surface area (TPSA) is 68.2 Å². The first kappa shape index (κ1) is 16.9. The molecule has 0 spiro atoms. The summed E-state index contributed by atoms with van der Waals surface area (Å²) in [6, 6.07) is 9.92. The van der Waals surface area contributed by atoms with Crippen molar-refractivity contribution in [2.75, 3.05) is 18.4 Å². The van der Waals surface area contributed by atoms with Crippen LogP contribution in [0.15, 0.2) is 42.7 Å². The molecule has 6 heteroatoms. The van der Waals surface area contributed by atoms with Crippen LogP contribution < -0.4 is 10.6 Å². The Morgan fingerprint density at radius 2 is 2.09 bits per heavy atom. The van der Waals surface area contributed by atoms with Gasteiger partial charge < -0.3 is 15.4 Å². The van der Waals surface area contributed by atoms with Gasteiger partial charge in [-0.25, -0.2) is 9.48 Å². The zero-order valence-corrected chi connectivity index (χ0v) is 13.9. The second-order valence-corrected chi connectivity index (χ2v) is 6.21. The van der Waals surface area contributed by atoms with Gasteiger partial charge in [-0.2, -0.15) is 5.10 Å². The van der Waals surface area contributed by atoms with E-state index in [0.29, 0.717) is 6.54 Å². The van der Waals surface area contributed by atoms with Gasteiger partial charge >= 0.3 is 6.09 Å². The smallest absolute Gasteiger partial charge is 0.407 e. The molecule has 23 heavy (non-hydrogen) atoms. The van der Waals surface area contributed by atoms with Gasteiger partial charge in [0.2, 0.25) is 0 Å². The van der Waals surface area contributed by atoms with Gasteiger partial charge in [-0.3, -0.25) is 0 Å². The van der Waals surface area contributed by atoms with Gasteiger partial charge in [-0.05, 0) is 51.5 Å². The molecule has 0 saturated heterocycles. The highest BCUT2D eigenvalue weighted by molar-refractivity contribution is 5.67. The minimum absolute atomic E-state index is 0.377. The number of anilines is 1. The fourth-order valence-corrected chi connectivity index (χ4v) is 2.01. The van der Waals surface area contributed by atoms with Crippen molar-refractivity contribution < 1.29 is 9.53 Å². The highest BCUT2D eigenvalue weighted by atomic mass is 16.6. The predicted molar refractivity (Wildman–Crippen MR) is 90.9 cm³/mol. The van der Waals surface area contributed by atoms with E-state index in [1.54, 1.807) is 6.20 Å². The Morgan fingerprint density at radius 1 is 1.26 bits per heavy atom. The molecule has 2 aromatic rings. The molecule has 0 atom stereocenters. The third kappa shape index (κ3) is 6.02. The SMILES string of the molecule is CC(C)(C)OC(=O)NCCCNc1cccc(-n2cccn2)c1. The van der Waals surface area contributed by atoms with Crippen LogP contribution in [0.25, 0.3) is 5.69 Å². The Kier molecular flexibility index (Phi) is 5.62. The van der Waals surface area contributed by atoms with Gasteiger partial charge in [-0.1, -0.05) is 6.07 Å². The number of ether oxygens (including phenoxy) is 1. The molecular weight excluding hydrogens is 292 g/mol. The molecule has 124 valence electrons. The second-order valence-electron chi connectivity index (χ2n) is 6.21. The van der Waals surface area contributed by atoms with Crippen molar-refractivity contribution >= 4 is 11.8 Å². The average Bonchev–Trinajstić information content (AvgIpc) is 2.99.